The SMILES string of the molecule is COc1cccc(C2C(C(=O)Nc3cccc(C)c3C)=C(C)Nc3nc(SCc4ccccc4)nn32)c1. The predicted octanol–water partition coefficient (Wildman–Crippen LogP) is 6.12. The molecule has 7 nitrogen and oxygen atoms in total. The van der Waals surface area contributed by atoms with Crippen LogP contribution in [0.15, 0.2) is 89.2 Å². The topological polar surface area (TPSA) is 81.1 Å². The molecule has 0 radical (unpaired) electrons. The average Bonchev–Trinajstić information content (AvgIpc) is 3.32. The largest absolute Gasteiger partial charge is 0.497 e. The van der Waals surface area contributed by atoms with E-state index in [9.17, 15) is 4.79 Å². The fourth-order valence-corrected chi connectivity index (χ4v) is 5.19. The van der Waals surface area contributed by atoms with Gasteiger partial charge in [-0.3, -0.25) is 4.79 Å². The Kier molecular flexibility index (Phi) is 7.01. The second-order valence-corrected chi connectivity index (χ2v) is 9.92. The van der Waals surface area contributed by atoms with Crippen LogP contribution in [0.25, 0.3) is 0 Å². The van der Waals surface area contributed by atoms with E-state index in [0.717, 1.165) is 33.8 Å². The van der Waals surface area contributed by atoms with Gasteiger partial charge in [0.1, 0.15) is 11.8 Å². The monoisotopic (exact) mass is 511 g/mol. The van der Waals surface area contributed by atoms with E-state index in [1.54, 1.807) is 23.6 Å². The molecule has 1 aliphatic rings. The Morgan fingerprint density at radius 1 is 1.05 bits per heavy atom. The Morgan fingerprint density at radius 3 is 2.62 bits per heavy atom. The third kappa shape index (κ3) is 5.11. The lowest BCUT2D eigenvalue weighted by Crippen LogP contribution is -2.31. The molecule has 0 fully saturated rings. The van der Waals surface area contributed by atoms with Crippen LogP contribution < -0.4 is 15.4 Å². The number of nitrogens with zero attached hydrogens (tertiary/aromatic N) is 3. The number of anilines is 2. The van der Waals surface area contributed by atoms with Crippen LogP contribution in [-0.2, 0) is 10.5 Å². The predicted molar refractivity (Wildman–Crippen MR) is 148 cm³/mol. The molecule has 0 saturated heterocycles. The number of benzene rings is 3. The number of carbonyl (C=O) groups is 1. The minimum absolute atomic E-state index is 0.189. The van der Waals surface area contributed by atoms with Gasteiger partial charge >= 0.3 is 0 Å². The summed E-state index contributed by atoms with van der Waals surface area (Å²) < 4.78 is 7.29. The number of nitrogens with one attached hydrogen (secondary N) is 2. The molecule has 1 aliphatic heterocycles. The van der Waals surface area contributed by atoms with E-state index >= 15 is 0 Å². The van der Waals surface area contributed by atoms with Crippen molar-refractivity contribution in [3.63, 3.8) is 0 Å². The van der Waals surface area contributed by atoms with Gasteiger partial charge in [-0.05, 0) is 61.2 Å². The highest BCUT2D eigenvalue weighted by atomic mass is 32.2. The lowest BCUT2D eigenvalue weighted by Gasteiger charge is -2.29. The molecular formula is C29H29N5O2S. The molecule has 2 heterocycles. The number of aryl methyl sites for hydroxylation is 1. The number of ether oxygens (including phenoxy) is 1. The number of aromatic nitrogens is 3. The highest BCUT2D eigenvalue weighted by Crippen LogP contribution is 2.38. The van der Waals surface area contributed by atoms with Gasteiger partial charge in [-0.1, -0.05) is 66.4 Å². The molecule has 2 N–H and O–H groups in total. The summed E-state index contributed by atoms with van der Waals surface area (Å²) in [4.78, 5) is 18.5. The number of rotatable bonds is 7. The molecule has 1 aromatic heterocycles. The van der Waals surface area contributed by atoms with Gasteiger partial charge in [0.05, 0.1) is 12.7 Å². The summed E-state index contributed by atoms with van der Waals surface area (Å²) in [5.41, 5.74) is 6.34. The molecule has 4 aromatic rings. The first-order valence-electron chi connectivity index (χ1n) is 12.1. The van der Waals surface area contributed by atoms with Crippen molar-refractivity contribution in [1.82, 2.24) is 14.8 Å². The highest BCUT2D eigenvalue weighted by Gasteiger charge is 2.34. The van der Waals surface area contributed by atoms with Crippen molar-refractivity contribution in [3.05, 3.63) is 106 Å². The summed E-state index contributed by atoms with van der Waals surface area (Å²) in [5.74, 6) is 1.87. The quantitative estimate of drug-likeness (QED) is 0.291. The van der Waals surface area contributed by atoms with Crippen molar-refractivity contribution >= 4 is 29.3 Å². The molecule has 0 saturated carbocycles. The number of methoxy groups -OCH3 is 1. The lowest BCUT2D eigenvalue weighted by molar-refractivity contribution is -0.113. The summed E-state index contributed by atoms with van der Waals surface area (Å²) in [7, 11) is 1.63. The lowest BCUT2D eigenvalue weighted by atomic mass is 9.94. The summed E-state index contributed by atoms with van der Waals surface area (Å²) in [6.45, 7) is 5.95. The van der Waals surface area contributed by atoms with Gasteiger partial charge in [-0.15, -0.1) is 5.10 Å². The Hall–Kier alpha value is -4.04. The maximum absolute atomic E-state index is 13.8. The van der Waals surface area contributed by atoms with E-state index in [4.69, 9.17) is 14.8 Å². The van der Waals surface area contributed by atoms with Crippen LogP contribution in [0.2, 0.25) is 0 Å². The maximum atomic E-state index is 13.8. The molecule has 37 heavy (non-hydrogen) atoms. The number of thioether (sulfide) groups is 1. The highest BCUT2D eigenvalue weighted by molar-refractivity contribution is 7.98. The summed E-state index contributed by atoms with van der Waals surface area (Å²) >= 11 is 1.56. The van der Waals surface area contributed by atoms with Gasteiger partial charge < -0.3 is 15.4 Å². The van der Waals surface area contributed by atoms with Gasteiger partial charge in [-0.2, -0.15) is 4.98 Å². The number of hydrogen-bond donors (Lipinski definition) is 2. The zero-order valence-corrected chi connectivity index (χ0v) is 22.1. The Morgan fingerprint density at radius 2 is 1.84 bits per heavy atom. The smallest absolute Gasteiger partial charge is 0.255 e. The van der Waals surface area contributed by atoms with Crippen LogP contribution in [0.3, 0.4) is 0 Å². The van der Waals surface area contributed by atoms with Crippen molar-refractivity contribution in [3.8, 4) is 5.75 Å². The Balaban J connectivity index is 1.52. The van der Waals surface area contributed by atoms with E-state index < -0.39 is 6.04 Å². The van der Waals surface area contributed by atoms with Crippen molar-refractivity contribution in [2.24, 2.45) is 0 Å². The summed E-state index contributed by atoms with van der Waals surface area (Å²) in [5, 5.41) is 11.9. The van der Waals surface area contributed by atoms with Crippen LogP contribution in [-0.4, -0.2) is 27.8 Å². The van der Waals surface area contributed by atoms with Crippen LogP contribution >= 0.6 is 11.8 Å². The first kappa shape index (κ1) is 24.6. The second kappa shape index (κ2) is 10.5. The normalized spacial score (nSPS) is 14.6. The zero-order chi connectivity index (χ0) is 25.9. The van der Waals surface area contributed by atoms with Crippen molar-refractivity contribution in [2.75, 3.05) is 17.7 Å². The number of fused-ring (bicyclic) bond motifs is 1. The molecule has 1 amide bonds. The molecule has 1 atom stereocenters. The first-order chi connectivity index (χ1) is 17.9. The second-order valence-electron chi connectivity index (χ2n) is 8.98. The van der Waals surface area contributed by atoms with Crippen molar-refractivity contribution < 1.29 is 9.53 Å². The molecule has 0 spiro atoms. The van der Waals surface area contributed by atoms with Gasteiger partial charge in [0, 0.05) is 17.1 Å². The minimum Gasteiger partial charge on any atom is -0.497 e. The molecule has 1 unspecified atom stereocenters. The summed E-state index contributed by atoms with van der Waals surface area (Å²) in [6.07, 6.45) is 0. The zero-order valence-electron chi connectivity index (χ0n) is 21.3. The van der Waals surface area contributed by atoms with E-state index in [1.165, 1.54) is 5.56 Å². The number of hydrogen-bond acceptors (Lipinski definition) is 6. The first-order valence-corrected chi connectivity index (χ1v) is 13.1. The number of carbonyl (C=O) groups excluding carboxylic acids is 1. The van der Waals surface area contributed by atoms with Crippen LogP contribution in [0.4, 0.5) is 11.6 Å². The molecule has 0 aliphatic carbocycles. The minimum atomic E-state index is -0.477. The van der Waals surface area contributed by atoms with Crippen molar-refractivity contribution in [2.45, 2.75) is 37.7 Å². The average molecular weight is 512 g/mol. The van der Waals surface area contributed by atoms with Gasteiger partial charge in [0.2, 0.25) is 11.1 Å². The van der Waals surface area contributed by atoms with E-state index in [-0.39, 0.29) is 5.91 Å². The van der Waals surface area contributed by atoms with Gasteiger partial charge in [0.15, 0.2) is 0 Å². The molecular weight excluding hydrogens is 482 g/mol. The summed E-state index contributed by atoms with van der Waals surface area (Å²) in [6, 6.07) is 23.4. The van der Waals surface area contributed by atoms with Crippen LogP contribution in [0.5, 0.6) is 5.75 Å². The molecule has 188 valence electrons. The Labute approximate surface area is 221 Å². The number of allylic oxidation sites excluding steroid dienone is 1. The van der Waals surface area contributed by atoms with Gasteiger partial charge in [-0.25, -0.2) is 4.68 Å². The standard InChI is InChI=1S/C29H29N5O2S/c1-18-10-8-15-24(19(18)2)31-27(35)25-20(3)30-28-32-29(37-17-21-11-6-5-7-12-21)33-34(28)26(25)22-13-9-14-23(16-22)36-4/h5-16,26H,17H2,1-4H3,(H,31,35)(H,30,32,33). The van der Waals surface area contributed by atoms with Gasteiger partial charge in [0.25, 0.3) is 5.91 Å². The molecule has 8 heteroatoms. The van der Waals surface area contributed by atoms with Crippen LogP contribution in [0, 0.1) is 13.8 Å². The molecule has 3 aromatic carbocycles. The van der Waals surface area contributed by atoms with Crippen molar-refractivity contribution in [1.29, 1.82) is 0 Å². The molecule has 0 bridgehead atoms. The van der Waals surface area contributed by atoms with E-state index in [0.29, 0.717) is 22.4 Å². The van der Waals surface area contributed by atoms with Crippen LogP contribution in [0.1, 0.15) is 35.2 Å². The molecule has 5 rings (SSSR count). The van der Waals surface area contributed by atoms with E-state index in [1.807, 2.05) is 81.4 Å². The Bertz CT molecular complexity index is 1480. The third-order valence-corrected chi connectivity index (χ3v) is 7.46. The fraction of sp³-hybridized carbons (Fsp3) is 0.207. The number of amides is 1. The third-order valence-electron chi connectivity index (χ3n) is 6.55. The maximum Gasteiger partial charge on any atom is 0.255 e. The van der Waals surface area contributed by atoms with E-state index in [2.05, 4.69) is 22.8 Å². The fourth-order valence-electron chi connectivity index (χ4n) is 4.40.